The average molecular weight is 748 g/mol. The molecular formula is C57H49N. The molecule has 6 aliphatic carbocycles. The molecule has 1 heteroatoms. The lowest BCUT2D eigenvalue weighted by atomic mass is 9.49. The van der Waals surface area contributed by atoms with Crippen LogP contribution in [0.15, 0.2) is 158 Å². The van der Waals surface area contributed by atoms with Crippen molar-refractivity contribution in [3.8, 4) is 44.5 Å². The van der Waals surface area contributed by atoms with E-state index in [1.807, 2.05) is 0 Å². The van der Waals surface area contributed by atoms with Crippen molar-refractivity contribution in [2.75, 3.05) is 4.90 Å². The van der Waals surface area contributed by atoms with Crippen molar-refractivity contribution in [1.29, 1.82) is 0 Å². The van der Waals surface area contributed by atoms with Crippen LogP contribution >= 0.6 is 0 Å². The molecule has 0 aliphatic heterocycles. The Hall–Kier alpha value is -5.66. The van der Waals surface area contributed by atoms with Gasteiger partial charge in [-0.15, -0.1) is 0 Å². The second kappa shape index (κ2) is 11.5. The van der Waals surface area contributed by atoms with Crippen LogP contribution in [0.5, 0.6) is 0 Å². The lowest BCUT2D eigenvalue weighted by Gasteiger charge is -2.54. The second-order valence-corrected chi connectivity index (χ2v) is 19.4. The van der Waals surface area contributed by atoms with E-state index < -0.39 is 0 Å². The first-order valence-electron chi connectivity index (χ1n) is 21.9. The molecule has 0 N–H and O–H groups in total. The zero-order valence-corrected chi connectivity index (χ0v) is 33.8. The molecular weight excluding hydrogens is 699 g/mol. The molecule has 4 fully saturated rings. The van der Waals surface area contributed by atoms with Crippen LogP contribution < -0.4 is 4.90 Å². The van der Waals surface area contributed by atoms with Crippen LogP contribution in [0.2, 0.25) is 0 Å². The van der Waals surface area contributed by atoms with Gasteiger partial charge in [0.25, 0.3) is 0 Å². The normalized spacial score (nSPS) is 26.8. The van der Waals surface area contributed by atoms with Crippen LogP contribution in [0.4, 0.5) is 17.1 Å². The third kappa shape index (κ3) is 4.08. The van der Waals surface area contributed by atoms with Gasteiger partial charge in [-0.3, -0.25) is 0 Å². The molecule has 7 aromatic rings. The number of hydrogen-bond acceptors (Lipinski definition) is 1. The van der Waals surface area contributed by atoms with Gasteiger partial charge in [-0.05, 0) is 171 Å². The molecule has 7 aromatic carbocycles. The summed E-state index contributed by atoms with van der Waals surface area (Å²) in [6.45, 7) is 7.19. The molecule has 58 heavy (non-hydrogen) atoms. The predicted octanol–water partition coefficient (Wildman–Crippen LogP) is 14.8. The van der Waals surface area contributed by atoms with Crippen LogP contribution in [-0.4, -0.2) is 0 Å². The second-order valence-electron chi connectivity index (χ2n) is 19.4. The summed E-state index contributed by atoms with van der Waals surface area (Å²) in [5, 5.41) is 0. The average Bonchev–Trinajstić information content (AvgIpc) is 3.81. The molecule has 4 saturated carbocycles. The van der Waals surface area contributed by atoms with E-state index >= 15 is 0 Å². The van der Waals surface area contributed by atoms with E-state index in [1.165, 1.54) is 110 Å². The summed E-state index contributed by atoms with van der Waals surface area (Å²) in [5.74, 6) is 3.40. The molecule has 0 amide bonds. The van der Waals surface area contributed by atoms with Crippen LogP contribution in [-0.2, 0) is 10.8 Å². The molecule has 0 saturated heterocycles. The largest absolute Gasteiger partial charge is 0.310 e. The van der Waals surface area contributed by atoms with E-state index in [0.29, 0.717) is 5.41 Å². The minimum atomic E-state index is -0.153. The minimum Gasteiger partial charge on any atom is -0.310 e. The van der Waals surface area contributed by atoms with Gasteiger partial charge in [-0.25, -0.2) is 0 Å². The number of aryl methyl sites for hydroxylation is 1. The molecule has 6 atom stereocenters. The monoisotopic (exact) mass is 747 g/mol. The Labute approximate surface area is 343 Å². The molecule has 2 spiro atoms. The molecule has 0 aromatic heterocycles. The highest BCUT2D eigenvalue weighted by molar-refractivity contribution is 5.93. The number of rotatable bonds is 5. The highest BCUT2D eigenvalue weighted by atomic mass is 15.1. The van der Waals surface area contributed by atoms with E-state index in [2.05, 4.69) is 183 Å². The SMILES string of the molecule is Cc1cc(N(c2cccc(-c3ccccc3)c2)c2cccc3c2C(C)(C)c2ccccc2-3)ccc1-c1cccc2c1C1(c3ccccc3-2)C2CC3CC4CC1C4(C3)C2. The molecule has 13 rings (SSSR count). The van der Waals surface area contributed by atoms with Crippen molar-refractivity contribution < 1.29 is 0 Å². The van der Waals surface area contributed by atoms with Gasteiger partial charge in [-0.1, -0.05) is 141 Å². The fourth-order valence-electron chi connectivity index (χ4n) is 14.8. The third-order valence-electron chi connectivity index (χ3n) is 16.7. The Kier molecular flexibility index (Phi) is 6.61. The van der Waals surface area contributed by atoms with Crippen molar-refractivity contribution in [3.63, 3.8) is 0 Å². The van der Waals surface area contributed by atoms with Crippen LogP contribution in [0, 0.1) is 36.0 Å². The summed E-state index contributed by atoms with van der Waals surface area (Å²) in [6, 6.07) is 60.2. The van der Waals surface area contributed by atoms with Gasteiger partial charge in [-0.2, -0.15) is 0 Å². The Balaban J connectivity index is 1.00. The summed E-state index contributed by atoms with van der Waals surface area (Å²) in [6.07, 6.45) is 7.26. The van der Waals surface area contributed by atoms with Crippen molar-refractivity contribution in [2.45, 2.75) is 63.7 Å². The zero-order valence-electron chi connectivity index (χ0n) is 33.8. The summed E-state index contributed by atoms with van der Waals surface area (Å²) in [4.78, 5) is 2.55. The standard InChI is InChI=1S/C57H49N/c1-35-28-42(58(41-17-11-16-38(31-41)37-14-5-4-6-15-37)51-25-13-22-48-44-18-7-9-23-49(44)55(2,3)54(48)51)26-27-43(35)46-20-12-21-47-45-19-8-10-24-50(45)57(53(46)47)40-30-36-29-39-32-52(57)56(39,33-36)34-40/h4-28,31,36,39-40,52H,29-30,32-34H2,1-3H3. The van der Waals surface area contributed by atoms with E-state index in [-0.39, 0.29) is 10.8 Å². The quantitative estimate of drug-likeness (QED) is 0.169. The highest BCUT2D eigenvalue weighted by Crippen LogP contribution is 2.83. The van der Waals surface area contributed by atoms with Gasteiger partial charge in [0.2, 0.25) is 0 Å². The van der Waals surface area contributed by atoms with Crippen LogP contribution in [0.25, 0.3) is 44.5 Å². The Bertz CT molecular complexity index is 2860. The zero-order chi connectivity index (χ0) is 38.5. The highest BCUT2D eigenvalue weighted by Gasteiger charge is 2.77. The summed E-state index contributed by atoms with van der Waals surface area (Å²) < 4.78 is 0. The topological polar surface area (TPSA) is 3.24 Å². The van der Waals surface area contributed by atoms with E-state index in [1.54, 1.807) is 11.1 Å². The Morgan fingerprint density at radius 3 is 1.91 bits per heavy atom. The maximum absolute atomic E-state index is 2.55. The molecule has 0 heterocycles. The number of fused-ring (bicyclic) bond motifs is 12. The molecule has 1 nitrogen and oxygen atoms in total. The summed E-state index contributed by atoms with van der Waals surface area (Å²) >= 11 is 0. The van der Waals surface area contributed by atoms with Crippen molar-refractivity contribution in [1.82, 2.24) is 0 Å². The molecule has 282 valence electrons. The summed E-state index contributed by atoms with van der Waals surface area (Å²) in [5.41, 5.74) is 22.6. The molecule has 3 bridgehead atoms. The fraction of sp³-hybridized carbons (Fsp3) is 0.263. The fourth-order valence-corrected chi connectivity index (χ4v) is 14.8. The van der Waals surface area contributed by atoms with E-state index in [0.717, 1.165) is 23.7 Å². The Morgan fingerprint density at radius 1 is 0.483 bits per heavy atom. The molecule has 0 radical (unpaired) electrons. The van der Waals surface area contributed by atoms with Crippen molar-refractivity contribution >= 4 is 17.1 Å². The van der Waals surface area contributed by atoms with Crippen molar-refractivity contribution in [2.24, 2.45) is 29.1 Å². The smallest absolute Gasteiger partial charge is 0.0508 e. The number of anilines is 3. The first-order valence-corrected chi connectivity index (χ1v) is 21.9. The van der Waals surface area contributed by atoms with Crippen LogP contribution in [0.1, 0.15) is 73.8 Å². The number of nitrogens with zero attached hydrogens (tertiary/aromatic N) is 1. The predicted molar refractivity (Wildman–Crippen MR) is 240 cm³/mol. The third-order valence-corrected chi connectivity index (χ3v) is 16.7. The molecule has 6 unspecified atom stereocenters. The maximum Gasteiger partial charge on any atom is 0.0508 e. The maximum atomic E-state index is 2.55. The lowest BCUT2D eigenvalue weighted by molar-refractivity contribution is -0.0193. The summed E-state index contributed by atoms with van der Waals surface area (Å²) in [7, 11) is 0. The number of benzene rings is 7. The van der Waals surface area contributed by atoms with Gasteiger partial charge >= 0.3 is 0 Å². The van der Waals surface area contributed by atoms with Gasteiger partial charge < -0.3 is 4.90 Å². The minimum absolute atomic E-state index is 0.133. The van der Waals surface area contributed by atoms with Crippen LogP contribution in [0.3, 0.4) is 0 Å². The van der Waals surface area contributed by atoms with Gasteiger partial charge in [0.1, 0.15) is 0 Å². The van der Waals surface area contributed by atoms with Gasteiger partial charge in [0.05, 0.1) is 5.69 Å². The first kappa shape index (κ1) is 33.3. The lowest BCUT2D eigenvalue weighted by Crippen LogP contribution is -2.50. The molecule has 6 aliphatic rings. The van der Waals surface area contributed by atoms with Gasteiger partial charge in [0.15, 0.2) is 0 Å². The van der Waals surface area contributed by atoms with E-state index in [9.17, 15) is 0 Å². The first-order chi connectivity index (χ1) is 28.4. The Morgan fingerprint density at radius 2 is 1.10 bits per heavy atom. The van der Waals surface area contributed by atoms with Gasteiger partial charge in [0, 0.05) is 22.2 Å². The van der Waals surface area contributed by atoms with Crippen molar-refractivity contribution in [3.05, 3.63) is 186 Å². The van der Waals surface area contributed by atoms with E-state index in [4.69, 9.17) is 0 Å². The number of hydrogen-bond donors (Lipinski definition) is 0.